The van der Waals surface area contributed by atoms with E-state index in [1.165, 1.54) is 0 Å². The summed E-state index contributed by atoms with van der Waals surface area (Å²) >= 11 is 0. The molecule has 0 amide bonds. The van der Waals surface area contributed by atoms with E-state index in [-0.39, 0.29) is 6.54 Å². The van der Waals surface area contributed by atoms with Gasteiger partial charge in [-0.15, -0.1) is 0 Å². The van der Waals surface area contributed by atoms with E-state index in [4.69, 9.17) is 14.9 Å². The molecule has 0 aromatic carbocycles. The second-order valence-electron chi connectivity index (χ2n) is 5.08. The summed E-state index contributed by atoms with van der Waals surface area (Å²) in [5.41, 5.74) is -0.650. The summed E-state index contributed by atoms with van der Waals surface area (Å²) in [7, 11) is -3.39. The van der Waals surface area contributed by atoms with Crippen molar-refractivity contribution in [3.8, 4) is 0 Å². The molecule has 0 bridgehead atoms. The fourth-order valence-electron chi connectivity index (χ4n) is 1.17. The Balaban J connectivity index is 4.33. The molecule has 0 radical (unpaired) electrons. The van der Waals surface area contributed by atoms with Crippen molar-refractivity contribution in [3.05, 3.63) is 0 Å². The van der Waals surface area contributed by atoms with E-state index < -0.39 is 39.5 Å². The highest BCUT2D eigenvalue weighted by molar-refractivity contribution is 7.90. The van der Waals surface area contributed by atoms with Gasteiger partial charge in [0, 0.05) is 6.26 Å². The number of hydrogen-bond donors (Lipinski definition) is 3. The fourth-order valence-corrected chi connectivity index (χ4v) is 2.11. The molecule has 1 atom stereocenters. The Morgan fingerprint density at radius 3 is 2.17 bits per heavy atom. The highest BCUT2D eigenvalue weighted by atomic mass is 32.2. The average Bonchev–Trinajstić information content (AvgIpc) is 2.06. The van der Waals surface area contributed by atoms with Crippen LogP contribution >= 0.6 is 0 Å². The number of hydrogen-bond acceptors (Lipinski definition) is 7. The SMILES string of the molecule is CC(C)(C)OC(=O)CNC(CS(C)(=O)=O)C(O)O. The lowest BCUT2D eigenvalue weighted by atomic mass is 10.2. The lowest BCUT2D eigenvalue weighted by molar-refractivity contribution is -0.154. The summed E-state index contributed by atoms with van der Waals surface area (Å²) in [5, 5.41) is 20.4. The summed E-state index contributed by atoms with van der Waals surface area (Å²) in [5.74, 6) is -1.07. The van der Waals surface area contributed by atoms with E-state index >= 15 is 0 Å². The molecule has 0 aromatic rings. The van der Waals surface area contributed by atoms with Crippen molar-refractivity contribution in [2.45, 2.75) is 38.7 Å². The number of ether oxygens (including phenoxy) is 1. The van der Waals surface area contributed by atoms with Crippen LogP contribution in [0.1, 0.15) is 20.8 Å². The van der Waals surface area contributed by atoms with Gasteiger partial charge in [-0.05, 0) is 20.8 Å². The topological polar surface area (TPSA) is 113 Å². The van der Waals surface area contributed by atoms with Gasteiger partial charge in [-0.3, -0.25) is 10.1 Å². The van der Waals surface area contributed by atoms with Gasteiger partial charge in [0.2, 0.25) is 0 Å². The number of sulfone groups is 1. The summed E-state index contributed by atoms with van der Waals surface area (Å²) < 4.78 is 27.1. The molecule has 0 saturated heterocycles. The Kier molecular flexibility index (Phi) is 6.21. The molecule has 0 aromatic heterocycles. The number of esters is 1. The van der Waals surface area contributed by atoms with Gasteiger partial charge in [0.05, 0.1) is 18.3 Å². The van der Waals surface area contributed by atoms with Gasteiger partial charge in [-0.2, -0.15) is 0 Å². The number of carbonyl (C=O) groups is 1. The van der Waals surface area contributed by atoms with Gasteiger partial charge < -0.3 is 14.9 Å². The van der Waals surface area contributed by atoms with Crippen molar-refractivity contribution >= 4 is 15.8 Å². The first kappa shape index (κ1) is 17.3. The van der Waals surface area contributed by atoms with Gasteiger partial charge >= 0.3 is 5.97 Å². The second-order valence-corrected chi connectivity index (χ2v) is 7.26. The predicted octanol–water partition coefficient (Wildman–Crippen LogP) is -1.36. The molecule has 0 aliphatic heterocycles. The molecule has 0 aliphatic rings. The third-order valence-corrected chi connectivity index (χ3v) is 2.74. The maximum absolute atomic E-state index is 11.4. The molecular formula is C10H21NO6S. The van der Waals surface area contributed by atoms with Crippen LogP contribution in [0.4, 0.5) is 0 Å². The van der Waals surface area contributed by atoms with E-state index in [0.717, 1.165) is 6.26 Å². The molecule has 0 rings (SSSR count). The van der Waals surface area contributed by atoms with Crippen molar-refractivity contribution in [2.75, 3.05) is 18.6 Å². The number of aliphatic hydroxyl groups is 2. The molecule has 3 N–H and O–H groups in total. The standard InChI is InChI=1S/C10H21NO6S/c1-10(2,3)17-8(12)5-11-7(9(13)14)6-18(4,15)16/h7,9,11,13-14H,5-6H2,1-4H3. The average molecular weight is 283 g/mol. The van der Waals surface area contributed by atoms with Crippen LogP contribution in [0, 0.1) is 0 Å². The molecule has 0 spiro atoms. The van der Waals surface area contributed by atoms with Crippen molar-refractivity contribution in [1.82, 2.24) is 5.32 Å². The molecule has 108 valence electrons. The van der Waals surface area contributed by atoms with E-state index in [2.05, 4.69) is 5.32 Å². The Labute approximate surface area is 107 Å². The van der Waals surface area contributed by atoms with Gasteiger partial charge in [0.1, 0.15) is 15.4 Å². The van der Waals surface area contributed by atoms with E-state index in [1.54, 1.807) is 20.8 Å². The zero-order valence-electron chi connectivity index (χ0n) is 11.0. The number of aliphatic hydroxyl groups excluding tert-OH is 1. The first-order valence-electron chi connectivity index (χ1n) is 5.40. The van der Waals surface area contributed by atoms with Crippen molar-refractivity contribution in [3.63, 3.8) is 0 Å². The largest absolute Gasteiger partial charge is 0.459 e. The lowest BCUT2D eigenvalue weighted by Crippen LogP contribution is -2.47. The Bertz CT molecular complexity index is 370. The molecule has 0 saturated carbocycles. The predicted molar refractivity (Wildman–Crippen MR) is 65.6 cm³/mol. The summed E-state index contributed by atoms with van der Waals surface area (Å²) in [6.45, 7) is 4.79. The lowest BCUT2D eigenvalue weighted by Gasteiger charge is -2.22. The van der Waals surface area contributed by atoms with E-state index in [1.807, 2.05) is 0 Å². The van der Waals surface area contributed by atoms with Crippen LogP contribution in [0.15, 0.2) is 0 Å². The highest BCUT2D eigenvalue weighted by Gasteiger charge is 2.23. The normalized spacial score (nSPS) is 14.6. The molecule has 0 heterocycles. The molecule has 18 heavy (non-hydrogen) atoms. The Morgan fingerprint density at radius 2 is 1.83 bits per heavy atom. The highest BCUT2D eigenvalue weighted by Crippen LogP contribution is 2.06. The number of rotatable bonds is 6. The summed E-state index contributed by atoms with van der Waals surface area (Å²) in [6, 6.07) is -1.13. The van der Waals surface area contributed by atoms with Crippen molar-refractivity contribution in [1.29, 1.82) is 0 Å². The minimum absolute atomic E-state index is 0.297. The fraction of sp³-hybridized carbons (Fsp3) is 0.900. The minimum Gasteiger partial charge on any atom is -0.459 e. The quantitative estimate of drug-likeness (QED) is 0.407. The number of nitrogens with one attached hydrogen (secondary N) is 1. The van der Waals surface area contributed by atoms with Gasteiger partial charge in [-0.25, -0.2) is 8.42 Å². The van der Waals surface area contributed by atoms with Crippen LogP contribution in [0.25, 0.3) is 0 Å². The number of carbonyl (C=O) groups excluding carboxylic acids is 1. The monoisotopic (exact) mass is 283 g/mol. The molecule has 1 unspecified atom stereocenters. The first-order valence-corrected chi connectivity index (χ1v) is 7.46. The molecular weight excluding hydrogens is 262 g/mol. The van der Waals surface area contributed by atoms with Crippen LogP contribution < -0.4 is 5.32 Å². The van der Waals surface area contributed by atoms with Crippen LogP contribution in [0.5, 0.6) is 0 Å². The molecule has 0 fully saturated rings. The van der Waals surface area contributed by atoms with Crippen molar-refractivity contribution in [2.24, 2.45) is 0 Å². The van der Waals surface area contributed by atoms with Crippen LogP contribution in [-0.4, -0.2) is 61.1 Å². The Morgan fingerprint density at radius 1 is 1.33 bits per heavy atom. The van der Waals surface area contributed by atoms with E-state index in [0.29, 0.717) is 0 Å². The van der Waals surface area contributed by atoms with Crippen LogP contribution in [0.3, 0.4) is 0 Å². The maximum Gasteiger partial charge on any atom is 0.320 e. The minimum atomic E-state index is -3.39. The maximum atomic E-state index is 11.4. The van der Waals surface area contributed by atoms with Crippen molar-refractivity contribution < 1.29 is 28.2 Å². The Hall–Kier alpha value is -0.700. The zero-order valence-corrected chi connectivity index (χ0v) is 11.8. The smallest absolute Gasteiger partial charge is 0.320 e. The van der Waals surface area contributed by atoms with Crippen LogP contribution in [-0.2, 0) is 19.4 Å². The molecule has 0 aliphatic carbocycles. The third kappa shape index (κ3) is 9.34. The third-order valence-electron chi connectivity index (χ3n) is 1.77. The van der Waals surface area contributed by atoms with Gasteiger partial charge in [-0.1, -0.05) is 0 Å². The summed E-state index contributed by atoms with van der Waals surface area (Å²) in [4.78, 5) is 11.4. The molecule has 7 nitrogen and oxygen atoms in total. The summed E-state index contributed by atoms with van der Waals surface area (Å²) in [6.07, 6.45) is -0.903. The van der Waals surface area contributed by atoms with E-state index in [9.17, 15) is 13.2 Å². The zero-order chi connectivity index (χ0) is 14.6. The van der Waals surface area contributed by atoms with Gasteiger partial charge in [0.15, 0.2) is 6.29 Å². The first-order chi connectivity index (χ1) is 7.91. The second kappa shape index (κ2) is 6.46. The van der Waals surface area contributed by atoms with Gasteiger partial charge in [0.25, 0.3) is 0 Å². The molecule has 8 heteroatoms. The van der Waals surface area contributed by atoms with Crippen LogP contribution in [0.2, 0.25) is 0 Å².